The predicted molar refractivity (Wildman–Crippen MR) is 171 cm³/mol. The summed E-state index contributed by atoms with van der Waals surface area (Å²) in [4.78, 5) is 25.5. The lowest BCUT2D eigenvalue weighted by Crippen LogP contribution is -2.45. The predicted octanol–water partition coefficient (Wildman–Crippen LogP) is 5.65. The van der Waals surface area contributed by atoms with E-state index in [4.69, 9.17) is 21.1 Å². The van der Waals surface area contributed by atoms with Crippen molar-refractivity contribution in [1.82, 2.24) is 9.62 Å². The number of nitrogens with one attached hydrogen (secondary N) is 1. The number of carbonyl (C=O) groups is 2. The molecule has 0 aromatic heterocycles. The van der Waals surface area contributed by atoms with Gasteiger partial charge in [0.25, 0.3) is 0 Å². The van der Waals surface area contributed by atoms with E-state index in [0.29, 0.717) is 16.2 Å². The van der Waals surface area contributed by atoms with E-state index in [1.165, 1.54) is 7.11 Å². The summed E-state index contributed by atoms with van der Waals surface area (Å²) in [6.45, 7) is 7.41. The molecule has 0 saturated carbocycles. The van der Waals surface area contributed by atoms with Gasteiger partial charge >= 0.3 is 5.97 Å². The maximum Gasteiger partial charge on any atom is 0.328 e. The Hall–Kier alpha value is -3.50. The highest BCUT2D eigenvalue weighted by Crippen LogP contribution is 2.46. The molecule has 0 unspecified atom stereocenters. The van der Waals surface area contributed by atoms with Crippen molar-refractivity contribution in [3.05, 3.63) is 112 Å². The van der Waals surface area contributed by atoms with E-state index >= 15 is 0 Å². The molecule has 0 aliphatic carbocycles. The Kier molecular flexibility index (Phi) is 10.7. The Labute approximate surface area is 265 Å². The van der Waals surface area contributed by atoms with Gasteiger partial charge in [-0.15, -0.1) is 0 Å². The fourth-order valence-electron chi connectivity index (χ4n) is 5.39. The zero-order valence-electron chi connectivity index (χ0n) is 25.6. The second kappa shape index (κ2) is 14.1. The molecule has 1 aliphatic heterocycles. The number of hydrogen-bond acceptors (Lipinski definition) is 6. The molecule has 234 valence electrons. The number of hydrogen-bond donors (Lipinski definition) is 1. The molecule has 10 heteroatoms. The summed E-state index contributed by atoms with van der Waals surface area (Å²) >= 11 is 6.19. The average molecular weight is 639 g/mol. The summed E-state index contributed by atoms with van der Waals surface area (Å²) in [6.07, 6.45) is 2.20. The van der Waals surface area contributed by atoms with Crippen LogP contribution in [0.15, 0.2) is 95.4 Å². The Morgan fingerprint density at radius 1 is 0.977 bits per heavy atom. The number of benzene rings is 3. The van der Waals surface area contributed by atoms with Gasteiger partial charge in [0.15, 0.2) is 0 Å². The Morgan fingerprint density at radius 2 is 1.61 bits per heavy atom. The Balaban J connectivity index is 1.59. The molecule has 44 heavy (non-hydrogen) atoms. The summed E-state index contributed by atoms with van der Waals surface area (Å²) in [7, 11) is -2.71. The third-order valence-corrected chi connectivity index (χ3v) is 9.84. The van der Waals surface area contributed by atoms with Crippen LogP contribution >= 0.6 is 11.6 Å². The van der Waals surface area contributed by atoms with Crippen molar-refractivity contribution >= 4 is 33.5 Å². The molecule has 3 aromatic carbocycles. The summed E-state index contributed by atoms with van der Waals surface area (Å²) in [6, 6.07) is 21.2. The number of carbonyl (C=O) groups excluding carboxylic acids is 2. The first-order valence-corrected chi connectivity index (χ1v) is 16.2. The van der Waals surface area contributed by atoms with E-state index in [0.717, 1.165) is 11.1 Å². The van der Waals surface area contributed by atoms with Gasteiger partial charge in [0.05, 0.1) is 24.7 Å². The van der Waals surface area contributed by atoms with Crippen molar-refractivity contribution in [3.8, 4) is 0 Å². The van der Waals surface area contributed by atoms with Gasteiger partial charge in [0, 0.05) is 17.5 Å². The molecule has 0 bridgehead atoms. The molecular weight excluding hydrogens is 600 g/mol. The number of rotatable bonds is 11. The normalized spacial score (nSPS) is 18.0. The minimum atomic E-state index is -3.98. The summed E-state index contributed by atoms with van der Waals surface area (Å²) in [5.41, 5.74) is 2.48. The number of aryl methyl sites for hydroxylation is 1. The second-order valence-electron chi connectivity index (χ2n) is 11.9. The standard InChI is InChI=1S/C34H39ClN2O6S/c1-23-11-9-10-14-29(23)44(40,41)37-30(34(2,3)4)20-26(32(37)25-15-17-27(35)18-16-25)21-43-22-31(38)36-28(33(39)42-5)19-24-12-7-6-8-13-24/h6-18,20,28,30,32H,19,21-22H2,1-5H3,(H,36,38)/t28-,30-,32-/m0/s1. The summed E-state index contributed by atoms with van der Waals surface area (Å²) in [5.74, 6) is -1.05. The van der Waals surface area contributed by atoms with Crippen molar-refractivity contribution in [1.29, 1.82) is 0 Å². The second-order valence-corrected chi connectivity index (χ2v) is 14.2. The maximum absolute atomic E-state index is 14.4. The SMILES string of the molecule is COC(=O)[C@H](Cc1ccccc1)NC(=O)COCC1=C[C@@H](C(C)(C)C)N(S(=O)(=O)c2ccccc2C)[C@H]1c1ccc(Cl)cc1. The van der Waals surface area contributed by atoms with Crippen LogP contribution in [0.2, 0.25) is 5.02 Å². The van der Waals surface area contributed by atoms with Crippen LogP contribution in [-0.4, -0.2) is 57.0 Å². The minimum absolute atomic E-state index is 0.00530. The Morgan fingerprint density at radius 3 is 2.23 bits per heavy atom. The molecule has 1 N–H and O–H groups in total. The fourth-order valence-corrected chi connectivity index (χ4v) is 7.68. The van der Waals surface area contributed by atoms with Gasteiger partial charge in [0.2, 0.25) is 15.9 Å². The third kappa shape index (κ3) is 7.77. The van der Waals surface area contributed by atoms with E-state index in [9.17, 15) is 18.0 Å². The first-order valence-electron chi connectivity index (χ1n) is 14.4. The molecule has 0 fully saturated rings. The molecule has 0 saturated heterocycles. The fraction of sp³-hybridized carbons (Fsp3) is 0.353. The van der Waals surface area contributed by atoms with Gasteiger partial charge in [-0.05, 0) is 52.8 Å². The molecular formula is C34H39ClN2O6S. The van der Waals surface area contributed by atoms with Crippen molar-refractivity contribution < 1.29 is 27.5 Å². The van der Waals surface area contributed by atoms with Gasteiger partial charge in [-0.1, -0.05) is 99.1 Å². The van der Waals surface area contributed by atoms with Crippen molar-refractivity contribution in [2.75, 3.05) is 20.3 Å². The largest absolute Gasteiger partial charge is 0.467 e. The van der Waals surface area contributed by atoms with Crippen LogP contribution in [0.3, 0.4) is 0 Å². The van der Waals surface area contributed by atoms with E-state index in [-0.39, 0.29) is 24.5 Å². The highest BCUT2D eigenvalue weighted by Gasteiger charge is 2.48. The van der Waals surface area contributed by atoms with Crippen LogP contribution in [0.5, 0.6) is 0 Å². The van der Waals surface area contributed by atoms with Crippen molar-refractivity contribution in [3.63, 3.8) is 0 Å². The maximum atomic E-state index is 14.4. The van der Waals surface area contributed by atoms with Crippen LogP contribution in [0.25, 0.3) is 0 Å². The third-order valence-electron chi connectivity index (χ3n) is 7.58. The zero-order chi connectivity index (χ0) is 32.1. The smallest absolute Gasteiger partial charge is 0.328 e. The number of amides is 1. The molecule has 8 nitrogen and oxygen atoms in total. The van der Waals surface area contributed by atoms with Gasteiger partial charge in [-0.2, -0.15) is 4.31 Å². The lowest BCUT2D eigenvalue weighted by molar-refractivity contribution is -0.145. The summed E-state index contributed by atoms with van der Waals surface area (Å²) < 4.78 is 41.1. The van der Waals surface area contributed by atoms with E-state index in [1.54, 1.807) is 41.6 Å². The van der Waals surface area contributed by atoms with Crippen LogP contribution in [-0.2, 0) is 35.5 Å². The number of nitrogens with zero attached hydrogens (tertiary/aromatic N) is 1. The minimum Gasteiger partial charge on any atom is -0.467 e. The Bertz CT molecular complexity index is 1600. The molecule has 4 rings (SSSR count). The topological polar surface area (TPSA) is 102 Å². The van der Waals surface area contributed by atoms with Gasteiger partial charge in [0.1, 0.15) is 12.6 Å². The lowest BCUT2D eigenvalue weighted by Gasteiger charge is -2.37. The molecule has 0 spiro atoms. The van der Waals surface area contributed by atoms with Crippen molar-refractivity contribution in [2.24, 2.45) is 5.41 Å². The molecule has 0 radical (unpaired) electrons. The number of ether oxygens (including phenoxy) is 2. The first-order chi connectivity index (χ1) is 20.8. The zero-order valence-corrected chi connectivity index (χ0v) is 27.2. The average Bonchev–Trinajstić information content (AvgIpc) is 3.38. The van der Waals surface area contributed by atoms with Crippen LogP contribution in [0.4, 0.5) is 0 Å². The van der Waals surface area contributed by atoms with Gasteiger partial charge < -0.3 is 14.8 Å². The lowest BCUT2D eigenvalue weighted by atomic mass is 9.87. The number of esters is 1. The van der Waals surface area contributed by atoms with Gasteiger partial charge in [-0.25, -0.2) is 13.2 Å². The van der Waals surface area contributed by atoms with Crippen LogP contribution in [0, 0.1) is 12.3 Å². The molecule has 1 heterocycles. The quantitative estimate of drug-likeness (QED) is 0.215. The van der Waals surface area contributed by atoms with Gasteiger partial charge in [-0.3, -0.25) is 4.79 Å². The number of sulfonamides is 1. The van der Waals surface area contributed by atoms with E-state index in [2.05, 4.69) is 5.32 Å². The van der Waals surface area contributed by atoms with E-state index in [1.807, 2.05) is 75.4 Å². The number of methoxy groups -OCH3 is 1. The first kappa shape index (κ1) is 33.4. The monoisotopic (exact) mass is 638 g/mol. The van der Waals surface area contributed by atoms with Crippen LogP contribution < -0.4 is 5.32 Å². The highest BCUT2D eigenvalue weighted by atomic mass is 35.5. The molecule has 1 amide bonds. The van der Waals surface area contributed by atoms with E-state index < -0.39 is 45.4 Å². The number of halogens is 1. The molecule has 3 aromatic rings. The molecule has 3 atom stereocenters. The van der Waals surface area contributed by atoms with Crippen molar-refractivity contribution in [2.45, 2.75) is 57.1 Å². The molecule has 1 aliphatic rings. The highest BCUT2D eigenvalue weighted by molar-refractivity contribution is 7.89. The summed E-state index contributed by atoms with van der Waals surface area (Å²) in [5, 5.41) is 3.23. The van der Waals surface area contributed by atoms with Crippen LogP contribution in [0.1, 0.15) is 43.5 Å².